The van der Waals surface area contributed by atoms with Gasteiger partial charge in [0.05, 0.1) is 0 Å². The van der Waals surface area contributed by atoms with Crippen molar-refractivity contribution < 1.29 is 14.3 Å². The molecule has 1 amide bonds. The molecule has 0 radical (unpaired) electrons. The van der Waals surface area contributed by atoms with Crippen LogP contribution in [0.3, 0.4) is 0 Å². The summed E-state index contributed by atoms with van der Waals surface area (Å²) in [6, 6.07) is 18.7. The molecule has 1 aromatic heterocycles. The third-order valence-corrected chi connectivity index (χ3v) is 7.29. The molecule has 0 spiro atoms. The van der Waals surface area contributed by atoms with Crippen LogP contribution in [0.15, 0.2) is 66.0 Å². The van der Waals surface area contributed by atoms with Crippen molar-refractivity contribution in [3.05, 3.63) is 76.6 Å². The molecule has 2 atom stereocenters. The van der Waals surface area contributed by atoms with Gasteiger partial charge in [-0.1, -0.05) is 41.9 Å². The first-order valence-electron chi connectivity index (χ1n) is 8.59. The van der Waals surface area contributed by atoms with Crippen molar-refractivity contribution in [2.24, 2.45) is 0 Å². The Labute approximate surface area is 171 Å². The predicted molar refractivity (Wildman–Crippen MR) is 118 cm³/mol. The highest BCUT2D eigenvalue weighted by molar-refractivity contribution is 7.58. The molecule has 4 aromatic rings. The molecule has 0 bridgehead atoms. The zero-order valence-corrected chi connectivity index (χ0v) is 17.4. The molecule has 0 fully saturated rings. The van der Waals surface area contributed by atoms with Crippen molar-refractivity contribution in [1.82, 2.24) is 0 Å². The van der Waals surface area contributed by atoms with Crippen LogP contribution in [0.1, 0.15) is 11.2 Å². The number of fused-ring (bicyclic) bond motifs is 2. The second kappa shape index (κ2) is 7.34. The van der Waals surface area contributed by atoms with Crippen LogP contribution in [-0.4, -0.2) is 17.5 Å². The molecule has 7 heteroatoms. The van der Waals surface area contributed by atoms with Gasteiger partial charge in [0, 0.05) is 22.1 Å². The van der Waals surface area contributed by atoms with Crippen molar-refractivity contribution in [2.75, 3.05) is 12.0 Å². The molecule has 3 aromatic carbocycles. The Morgan fingerprint density at radius 3 is 2.61 bits per heavy atom. The van der Waals surface area contributed by atoms with Crippen molar-refractivity contribution >= 4 is 62.8 Å². The highest BCUT2D eigenvalue weighted by atomic mass is 35.5. The first-order valence-corrected chi connectivity index (χ1v) is 12.0. The Hall–Kier alpha value is -2.17. The fourth-order valence-electron chi connectivity index (χ4n) is 3.33. The lowest BCUT2D eigenvalue weighted by Gasteiger charge is -2.19. The zero-order valence-electron chi connectivity index (χ0n) is 14.9. The van der Waals surface area contributed by atoms with E-state index in [0.29, 0.717) is 16.3 Å². The summed E-state index contributed by atoms with van der Waals surface area (Å²) in [5, 5.41) is 7.85. The van der Waals surface area contributed by atoms with E-state index in [-0.39, 0.29) is 0 Å². The van der Waals surface area contributed by atoms with Gasteiger partial charge in [-0.2, -0.15) is 0 Å². The number of anilines is 1. The molecule has 0 saturated carbocycles. The maximum absolute atomic E-state index is 13.1. The first kappa shape index (κ1) is 19.2. The highest BCUT2D eigenvalue weighted by Gasteiger charge is 2.36. The summed E-state index contributed by atoms with van der Waals surface area (Å²) in [5.41, 5.74) is -0.0694. The summed E-state index contributed by atoms with van der Waals surface area (Å²) < 4.78 is 13.6. The van der Waals surface area contributed by atoms with E-state index in [1.807, 2.05) is 42.5 Å². The quantitative estimate of drug-likeness (QED) is 0.375. The lowest BCUT2D eigenvalue weighted by Crippen LogP contribution is -2.21. The minimum absolute atomic E-state index is 0.511. The van der Waals surface area contributed by atoms with E-state index >= 15 is 0 Å². The Morgan fingerprint density at radius 2 is 1.86 bits per heavy atom. The molecule has 0 aliphatic rings. The van der Waals surface area contributed by atoms with Crippen molar-refractivity contribution in [2.45, 2.75) is 5.66 Å². The lowest BCUT2D eigenvalue weighted by atomic mass is 10.1. The molecule has 28 heavy (non-hydrogen) atoms. The molecular formula is C21H17ClNO3PS. The van der Waals surface area contributed by atoms with Crippen LogP contribution in [0.25, 0.3) is 20.9 Å². The maximum Gasteiger partial charge on any atom is 0.241 e. The minimum atomic E-state index is -3.77. The number of carbonyl (C=O) groups excluding carboxylic acids is 1. The normalized spacial score (nSPS) is 14.7. The predicted octanol–water partition coefficient (Wildman–Crippen LogP) is 6.29. The average molecular weight is 430 g/mol. The first-order chi connectivity index (χ1) is 13.3. The van der Waals surface area contributed by atoms with Gasteiger partial charge in [-0.25, -0.2) is 0 Å². The second-order valence-electron chi connectivity index (χ2n) is 6.73. The van der Waals surface area contributed by atoms with Gasteiger partial charge in [0.2, 0.25) is 13.3 Å². The number of hydrogen-bond acceptors (Lipinski definition) is 3. The summed E-state index contributed by atoms with van der Waals surface area (Å²) >= 11 is 7.53. The molecule has 0 aliphatic heterocycles. The summed E-state index contributed by atoms with van der Waals surface area (Å²) in [5.74, 6) is -0.511. The van der Waals surface area contributed by atoms with Gasteiger partial charge in [-0.15, -0.1) is 11.3 Å². The van der Waals surface area contributed by atoms with Crippen LogP contribution >= 0.6 is 30.3 Å². The third-order valence-electron chi connectivity index (χ3n) is 4.60. The molecule has 2 N–H and O–H groups in total. The van der Waals surface area contributed by atoms with Gasteiger partial charge in [-0.05, 0) is 57.4 Å². The molecule has 4 nitrogen and oxygen atoms in total. The topological polar surface area (TPSA) is 66.4 Å². The van der Waals surface area contributed by atoms with Crippen LogP contribution in [0.5, 0.6) is 0 Å². The largest absolute Gasteiger partial charge is 0.344 e. The van der Waals surface area contributed by atoms with Crippen molar-refractivity contribution in [3.63, 3.8) is 0 Å². The molecule has 4 rings (SSSR count). The summed E-state index contributed by atoms with van der Waals surface area (Å²) in [7, 11) is -3.77. The van der Waals surface area contributed by atoms with E-state index in [9.17, 15) is 14.3 Å². The SMILES string of the molecule is CP(=O)(O)C(C(=O)Nc1ccc2ccccc2c1)c1csc2ccc(Cl)cc12. The number of benzene rings is 3. The van der Waals surface area contributed by atoms with E-state index in [0.717, 1.165) is 20.9 Å². The van der Waals surface area contributed by atoms with Gasteiger partial charge in [-0.3, -0.25) is 9.36 Å². The van der Waals surface area contributed by atoms with Gasteiger partial charge in [0.15, 0.2) is 0 Å². The number of halogens is 1. The van der Waals surface area contributed by atoms with Crippen molar-refractivity contribution in [3.8, 4) is 0 Å². The van der Waals surface area contributed by atoms with E-state index in [2.05, 4.69) is 5.32 Å². The summed E-state index contributed by atoms with van der Waals surface area (Å²) in [6.07, 6.45) is 0. The van der Waals surface area contributed by atoms with E-state index in [1.165, 1.54) is 18.0 Å². The number of rotatable bonds is 4. The maximum atomic E-state index is 13.1. The molecule has 1 heterocycles. The van der Waals surface area contributed by atoms with Gasteiger partial charge in [0.25, 0.3) is 0 Å². The number of carbonyl (C=O) groups is 1. The van der Waals surface area contributed by atoms with E-state index in [1.54, 1.807) is 23.6 Å². The van der Waals surface area contributed by atoms with Gasteiger partial charge in [0.1, 0.15) is 5.66 Å². The minimum Gasteiger partial charge on any atom is -0.344 e. The average Bonchev–Trinajstić information content (AvgIpc) is 3.03. The Bertz CT molecular complexity index is 1250. The Balaban J connectivity index is 1.73. The fourth-order valence-corrected chi connectivity index (χ4v) is 5.80. The van der Waals surface area contributed by atoms with E-state index < -0.39 is 18.9 Å². The highest BCUT2D eigenvalue weighted by Crippen LogP contribution is 2.55. The summed E-state index contributed by atoms with van der Waals surface area (Å²) in [6.45, 7) is 1.21. The van der Waals surface area contributed by atoms with Gasteiger partial charge < -0.3 is 10.2 Å². The van der Waals surface area contributed by atoms with Crippen LogP contribution < -0.4 is 5.32 Å². The standard InChI is InChI=1S/C21H17ClNO3PS/c1-27(25,26)20(18-12-28-19-9-7-15(22)11-17(18)19)21(24)23-16-8-6-13-4-2-3-5-14(13)10-16/h2-12,20H,1H3,(H,23,24)(H,25,26). The molecule has 0 saturated heterocycles. The number of hydrogen-bond donors (Lipinski definition) is 2. The van der Waals surface area contributed by atoms with Crippen LogP contribution in [0.2, 0.25) is 5.02 Å². The van der Waals surface area contributed by atoms with Crippen LogP contribution in [0.4, 0.5) is 5.69 Å². The van der Waals surface area contributed by atoms with Crippen LogP contribution in [0, 0.1) is 0 Å². The Morgan fingerprint density at radius 1 is 1.11 bits per heavy atom. The number of thiophene rings is 1. The molecular weight excluding hydrogens is 413 g/mol. The Kier molecular flexibility index (Phi) is 5.02. The van der Waals surface area contributed by atoms with E-state index in [4.69, 9.17) is 11.6 Å². The molecule has 142 valence electrons. The second-order valence-corrected chi connectivity index (χ2v) is 10.5. The third kappa shape index (κ3) is 3.71. The fraction of sp³-hybridized carbons (Fsp3) is 0.0952. The van der Waals surface area contributed by atoms with Crippen LogP contribution in [-0.2, 0) is 9.36 Å². The molecule has 2 unspecified atom stereocenters. The molecule has 0 aliphatic carbocycles. The number of nitrogens with one attached hydrogen (secondary N) is 1. The number of amides is 1. The monoisotopic (exact) mass is 429 g/mol. The summed E-state index contributed by atoms with van der Waals surface area (Å²) in [4.78, 5) is 23.4. The van der Waals surface area contributed by atoms with Gasteiger partial charge >= 0.3 is 0 Å². The lowest BCUT2D eigenvalue weighted by molar-refractivity contribution is -0.116. The smallest absolute Gasteiger partial charge is 0.241 e. The zero-order chi connectivity index (χ0) is 19.9. The van der Waals surface area contributed by atoms with Crippen molar-refractivity contribution in [1.29, 1.82) is 0 Å².